The monoisotopic (exact) mass is 278 g/mol. The van der Waals surface area contributed by atoms with Crippen LogP contribution in [0.15, 0.2) is 18.2 Å². The summed E-state index contributed by atoms with van der Waals surface area (Å²) in [6.45, 7) is 10.1. The zero-order chi connectivity index (χ0) is 15.0. The second-order valence-electron chi connectivity index (χ2n) is 4.87. The van der Waals surface area contributed by atoms with Crippen molar-refractivity contribution in [2.75, 3.05) is 19.7 Å². The van der Waals surface area contributed by atoms with Crippen LogP contribution >= 0.6 is 0 Å². The molecule has 0 aliphatic carbocycles. The van der Waals surface area contributed by atoms with E-state index in [0.29, 0.717) is 19.6 Å². The zero-order valence-corrected chi connectivity index (χ0v) is 13.0. The Kier molecular flexibility index (Phi) is 7.09. The second kappa shape index (κ2) is 8.59. The molecule has 0 aliphatic rings. The molecule has 1 aromatic rings. The summed E-state index contributed by atoms with van der Waals surface area (Å²) in [4.78, 5) is 11.4. The van der Waals surface area contributed by atoms with Crippen molar-refractivity contribution in [3.63, 3.8) is 0 Å². The van der Waals surface area contributed by atoms with E-state index in [0.717, 1.165) is 23.4 Å². The van der Waals surface area contributed by atoms with Gasteiger partial charge in [-0.25, -0.2) is 0 Å². The predicted octanol–water partition coefficient (Wildman–Crippen LogP) is 2.57. The molecule has 1 atom stereocenters. The van der Waals surface area contributed by atoms with Crippen molar-refractivity contribution >= 4 is 5.91 Å². The lowest BCUT2D eigenvalue weighted by Crippen LogP contribution is -2.24. The third-order valence-corrected chi connectivity index (χ3v) is 3.11. The number of rotatable bonds is 8. The summed E-state index contributed by atoms with van der Waals surface area (Å²) < 4.78 is 5.80. The number of ether oxygens (including phenoxy) is 1. The van der Waals surface area contributed by atoms with Crippen LogP contribution in [-0.2, 0) is 4.79 Å². The topological polar surface area (TPSA) is 50.4 Å². The van der Waals surface area contributed by atoms with E-state index in [4.69, 9.17) is 4.74 Å². The van der Waals surface area contributed by atoms with Gasteiger partial charge in [0.25, 0.3) is 0 Å². The smallest absolute Gasteiger partial charge is 0.223 e. The number of carbonyl (C=O) groups excluding carboxylic acids is 1. The molecule has 0 aliphatic heterocycles. The molecule has 0 bridgehead atoms. The highest BCUT2D eigenvalue weighted by atomic mass is 16.5. The van der Waals surface area contributed by atoms with Crippen molar-refractivity contribution in [2.24, 2.45) is 0 Å². The Morgan fingerprint density at radius 1 is 1.30 bits per heavy atom. The van der Waals surface area contributed by atoms with Crippen LogP contribution in [-0.4, -0.2) is 25.6 Å². The van der Waals surface area contributed by atoms with Gasteiger partial charge in [0.1, 0.15) is 5.75 Å². The summed E-state index contributed by atoms with van der Waals surface area (Å²) in [5.74, 6) is 0.893. The Hall–Kier alpha value is -1.55. The molecule has 20 heavy (non-hydrogen) atoms. The van der Waals surface area contributed by atoms with Gasteiger partial charge < -0.3 is 15.4 Å². The van der Waals surface area contributed by atoms with E-state index < -0.39 is 0 Å². The first-order valence-electron chi connectivity index (χ1n) is 7.31. The molecule has 0 aromatic heterocycles. The number of benzene rings is 1. The Morgan fingerprint density at radius 3 is 2.70 bits per heavy atom. The molecule has 0 saturated heterocycles. The molecule has 1 amide bonds. The van der Waals surface area contributed by atoms with Crippen molar-refractivity contribution in [3.05, 3.63) is 29.3 Å². The largest absolute Gasteiger partial charge is 0.493 e. The third-order valence-electron chi connectivity index (χ3n) is 3.11. The van der Waals surface area contributed by atoms with E-state index in [-0.39, 0.29) is 11.9 Å². The van der Waals surface area contributed by atoms with Crippen LogP contribution in [0.1, 0.15) is 44.4 Å². The molecule has 1 rings (SSSR count). The second-order valence-corrected chi connectivity index (χ2v) is 4.87. The third kappa shape index (κ3) is 5.21. The van der Waals surface area contributed by atoms with E-state index >= 15 is 0 Å². The van der Waals surface area contributed by atoms with Crippen molar-refractivity contribution in [1.29, 1.82) is 0 Å². The van der Waals surface area contributed by atoms with Crippen LogP contribution in [0.2, 0.25) is 0 Å². The lowest BCUT2D eigenvalue weighted by atomic mass is 10.0. The first kappa shape index (κ1) is 16.5. The van der Waals surface area contributed by atoms with Crippen LogP contribution in [0, 0.1) is 6.92 Å². The van der Waals surface area contributed by atoms with E-state index in [1.807, 2.05) is 19.9 Å². The van der Waals surface area contributed by atoms with E-state index in [1.54, 1.807) is 0 Å². The first-order chi connectivity index (χ1) is 9.58. The Labute approximate surface area is 121 Å². The Balaban J connectivity index is 2.67. The Morgan fingerprint density at radius 2 is 2.05 bits per heavy atom. The maximum atomic E-state index is 11.4. The molecule has 1 unspecified atom stereocenters. The minimum atomic E-state index is 0.0291. The molecule has 2 N–H and O–H groups in total. The van der Waals surface area contributed by atoms with Gasteiger partial charge in [0, 0.05) is 18.2 Å². The van der Waals surface area contributed by atoms with Gasteiger partial charge >= 0.3 is 0 Å². The van der Waals surface area contributed by atoms with Crippen molar-refractivity contribution in [2.45, 2.75) is 40.2 Å². The number of hydrogen-bond donors (Lipinski definition) is 2. The van der Waals surface area contributed by atoms with Crippen LogP contribution in [0.3, 0.4) is 0 Å². The van der Waals surface area contributed by atoms with Crippen LogP contribution in [0.5, 0.6) is 5.75 Å². The van der Waals surface area contributed by atoms with Gasteiger partial charge in [-0.3, -0.25) is 4.79 Å². The molecular formula is C16H26N2O2. The predicted molar refractivity (Wildman–Crippen MR) is 82.1 cm³/mol. The minimum absolute atomic E-state index is 0.0291. The fourth-order valence-electron chi connectivity index (χ4n) is 2.08. The fraction of sp³-hybridized carbons (Fsp3) is 0.562. The molecule has 0 heterocycles. The molecule has 4 heteroatoms. The average molecular weight is 278 g/mol. The highest BCUT2D eigenvalue weighted by molar-refractivity contribution is 5.75. The maximum absolute atomic E-state index is 11.4. The number of carbonyl (C=O) groups is 1. The van der Waals surface area contributed by atoms with Gasteiger partial charge in [0.2, 0.25) is 5.91 Å². The summed E-state index contributed by atoms with van der Waals surface area (Å²) in [5, 5.41) is 6.15. The minimum Gasteiger partial charge on any atom is -0.493 e. The number of amides is 1. The summed E-state index contributed by atoms with van der Waals surface area (Å²) >= 11 is 0. The number of aryl methyl sites for hydroxylation is 1. The number of hydrogen-bond acceptors (Lipinski definition) is 3. The summed E-state index contributed by atoms with van der Waals surface area (Å²) in [6.07, 6.45) is 0.386. The fourth-order valence-corrected chi connectivity index (χ4v) is 2.08. The van der Waals surface area contributed by atoms with E-state index in [1.165, 1.54) is 0 Å². The molecule has 0 saturated carbocycles. The lowest BCUT2D eigenvalue weighted by Gasteiger charge is -2.18. The standard InChI is InChI=1S/C16H26N2O2/c1-5-17-13(4)14-8-7-12(3)11-15(14)20-10-9-16(19)18-6-2/h7-8,11,13,17H,5-6,9-10H2,1-4H3,(H,18,19). The highest BCUT2D eigenvalue weighted by Gasteiger charge is 2.11. The van der Waals surface area contributed by atoms with Crippen LogP contribution in [0.25, 0.3) is 0 Å². The van der Waals surface area contributed by atoms with E-state index in [2.05, 4.69) is 36.6 Å². The number of nitrogens with one attached hydrogen (secondary N) is 2. The zero-order valence-electron chi connectivity index (χ0n) is 13.0. The average Bonchev–Trinajstić information content (AvgIpc) is 2.39. The van der Waals surface area contributed by atoms with Crippen molar-refractivity contribution in [1.82, 2.24) is 10.6 Å². The summed E-state index contributed by atoms with van der Waals surface area (Å²) in [6, 6.07) is 6.44. The van der Waals surface area contributed by atoms with Crippen molar-refractivity contribution < 1.29 is 9.53 Å². The highest BCUT2D eigenvalue weighted by Crippen LogP contribution is 2.26. The quantitative estimate of drug-likeness (QED) is 0.768. The maximum Gasteiger partial charge on any atom is 0.223 e. The molecule has 0 fully saturated rings. The van der Waals surface area contributed by atoms with Gasteiger partial charge in [-0.05, 0) is 38.9 Å². The SMILES string of the molecule is CCNC(=O)CCOc1cc(C)ccc1C(C)NCC. The normalized spacial score (nSPS) is 12.0. The van der Waals surface area contributed by atoms with Gasteiger partial charge in [0.05, 0.1) is 13.0 Å². The van der Waals surface area contributed by atoms with E-state index in [9.17, 15) is 4.79 Å². The molecule has 4 nitrogen and oxygen atoms in total. The Bertz CT molecular complexity index is 432. The summed E-state index contributed by atoms with van der Waals surface area (Å²) in [7, 11) is 0. The molecular weight excluding hydrogens is 252 g/mol. The molecule has 0 radical (unpaired) electrons. The molecule has 0 spiro atoms. The van der Waals surface area contributed by atoms with Gasteiger partial charge in [0.15, 0.2) is 0 Å². The van der Waals surface area contributed by atoms with Crippen LogP contribution < -0.4 is 15.4 Å². The van der Waals surface area contributed by atoms with Gasteiger partial charge in [-0.1, -0.05) is 19.1 Å². The summed E-state index contributed by atoms with van der Waals surface area (Å²) in [5.41, 5.74) is 2.29. The molecule has 1 aromatic carbocycles. The van der Waals surface area contributed by atoms with Gasteiger partial charge in [-0.15, -0.1) is 0 Å². The molecule has 112 valence electrons. The first-order valence-corrected chi connectivity index (χ1v) is 7.31. The van der Waals surface area contributed by atoms with Gasteiger partial charge in [-0.2, -0.15) is 0 Å². The lowest BCUT2D eigenvalue weighted by molar-refractivity contribution is -0.121. The van der Waals surface area contributed by atoms with Crippen LogP contribution in [0.4, 0.5) is 0 Å². The van der Waals surface area contributed by atoms with Crippen molar-refractivity contribution in [3.8, 4) is 5.75 Å².